The van der Waals surface area contributed by atoms with Gasteiger partial charge in [-0.3, -0.25) is 24.1 Å². The lowest BCUT2D eigenvalue weighted by Gasteiger charge is -2.17. The van der Waals surface area contributed by atoms with Crippen molar-refractivity contribution in [3.05, 3.63) is 35.9 Å². The Morgan fingerprint density at radius 3 is 2.27 bits per heavy atom. The molecule has 138 valence electrons. The molecule has 1 aromatic rings. The maximum Gasteiger partial charge on any atom is 0.335 e. The lowest BCUT2D eigenvalue weighted by atomic mass is 10.2. The maximum absolute atomic E-state index is 12.3. The molecular formula is C17H20N4O5. The van der Waals surface area contributed by atoms with Crippen molar-refractivity contribution in [2.75, 3.05) is 13.1 Å². The molecule has 1 saturated heterocycles. The monoisotopic (exact) mass is 360 g/mol. The highest BCUT2D eigenvalue weighted by atomic mass is 16.2. The number of likely N-dealkylation sites (N-methyl/N-ethyl adjacent to an activating group) is 1. The Hall–Kier alpha value is -3.23. The number of nitrogens with one attached hydrogen (secondary N) is 2. The molecule has 2 rings (SSSR count). The van der Waals surface area contributed by atoms with Gasteiger partial charge in [0.1, 0.15) is 12.6 Å². The van der Waals surface area contributed by atoms with E-state index in [-0.39, 0.29) is 12.5 Å². The molecule has 0 radical (unpaired) electrons. The van der Waals surface area contributed by atoms with Gasteiger partial charge in [-0.2, -0.15) is 0 Å². The Morgan fingerprint density at radius 1 is 1.04 bits per heavy atom. The number of imide groups is 2. The first-order valence-electron chi connectivity index (χ1n) is 8.13. The number of amides is 6. The van der Waals surface area contributed by atoms with Crippen LogP contribution in [-0.4, -0.2) is 58.6 Å². The molecule has 0 saturated carbocycles. The molecule has 1 aromatic carbocycles. The van der Waals surface area contributed by atoms with Gasteiger partial charge in [-0.15, -0.1) is 0 Å². The molecule has 0 bridgehead atoms. The molecule has 1 atom stereocenters. The van der Waals surface area contributed by atoms with Crippen molar-refractivity contribution in [2.45, 2.75) is 26.4 Å². The van der Waals surface area contributed by atoms with E-state index in [1.807, 2.05) is 0 Å². The number of hydrogen-bond donors (Lipinski definition) is 2. The van der Waals surface area contributed by atoms with Crippen LogP contribution in [0.1, 0.15) is 19.4 Å². The second-order valence-corrected chi connectivity index (χ2v) is 5.73. The van der Waals surface area contributed by atoms with Gasteiger partial charge < -0.3 is 10.6 Å². The minimum atomic E-state index is -1.06. The van der Waals surface area contributed by atoms with Gasteiger partial charge in [-0.05, 0) is 19.4 Å². The minimum absolute atomic E-state index is 0.0579. The fraction of sp³-hybridized carbons (Fsp3) is 0.353. The summed E-state index contributed by atoms with van der Waals surface area (Å²) < 4.78 is 0. The Bertz CT molecular complexity index is 734. The van der Waals surface area contributed by atoms with E-state index in [0.717, 1.165) is 4.90 Å². The van der Waals surface area contributed by atoms with E-state index in [4.69, 9.17) is 0 Å². The summed E-state index contributed by atoms with van der Waals surface area (Å²) in [4.78, 5) is 61.4. The molecular weight excluding hydrogens is 340 g/mol. The van der Waals surface area contributed by atoms with E-state index in [0.29, 0.717) is 17.0 Å². The molecule has 0 spiro atoms. The van der Waals surface area contributed by atoms with Crippen molar-refractivity contribution in [3.63, 3.8) is 0 Å². The average molecular weight is 360 g/mol. The predicted octanol–water partition coefficient (Wildman–Crippen LogP) is -0.382. The third kappa shape index (κ3) is 4.24. The fourth-order valence-electron chi connectivity index (χ4n) is 2.42. The molecule has 1 heterocycles. The molecule has 9 nitrogen and oxygen atoms in total. The van der Waals surface area contributed by atoms with E-state index >= 15 is 0 Å². The van der Waals surface area contributed by atoms with Crippen molar-refractivity contribution >= 4 is 29.7 Å². The SMILES string of the molecule is CCNC(=O)[C@@H](C)NC(=O)CN1C(=O)C(=O)N(Cc2ccccc2)C1=O. The zero-order valence-corrected chi connectivity index (χ0v) is 14.5. The van der Waals surface area contributed by atoms with Crippen LogP contribution in [0.3, 0.4) is 0 Å². The minimum Gasteiger partial charge on any atom is -0.355 e. The molecule has 1 aliphatic heterocycles. The first-order valence-corrected chi connectivity index (χ1v) is 8.13. The highest BCUT2D eigenvalue weighted by Crippen LogP contribution is 2.15. The summed E-state index contributed by atoms with van der Waals surface area (Å²) in [6, 6.07) is 7.03. The lowest BCUT2D eigenvalue weighted by molar-refractivity contribution is -0.144. The summed E-state index contributed by atoms with van der Waals surface area (Å²) >= 11 is 0. The Kier molecular flexibility index (Phi) is 6.05. The van der Waals surface area contributed by atoms with Crippen molar-refractivity contribution < 1.29 is 24.0 Å². The molecule has 1 fully saturated rings. The van der Waals surface area contributed by atoms with E-state index in [9.17, 15) is 24.0 Å². The second kappa shape index (κ2) is 8.24. The summed E-state index contributed by atoms with van der Waals surface area (Å²) in [7, 11) is 0. The zero-order valence-electron chi connectivity index (χ0n) is 14.5. The number of urea groups is 1. The van der Waals surface area contributed by atoms with Crippen LogP contribution in [0.2, 0.25) is 0 Å². The van der Waals surface area contributed by atoms with Gasteiger partial charge in [0.05, 0.1) is 6.54 Å². The summed E-state index contributed by atoms with van der Waals surface area (Å²) in [6.07, 6.45) is 0. The van der Waals surface area contributed by atoms with Crippen LogP contribution >= 0.6 is 0 Å². The maximum atomic E-state index is 12.3. The van der Waals surface area contributed by atoms with Crippen LogP contribution in [0.25, 0.3) is 0 Å². The summed E-state index contributed by atoms with van der Waals surface area (Å²) in [5.41, 5.74) is 0.679. The van der Waals surface area contributed by atoms with Crippen LogP contribution in [-0.2, 0) is 25.7 Å². The number of carbonyl (C=O) groups is 5. The van der Waals surface area contributed by atoms with Gasteiger partial charge in [0, 0.05) is 6.54 Å². The lowest BCUT2D eigenvalue weighted by Crippen LogP contribution is -2.49. The normalized spacial score (nSPS) is 15.2. The summed E-state index contributed by atoms with van der Waals surface area (Å²) in [5, 5.41) is 4.92. The van der Waals surface area contributed by atoms with E-state index in [2.05, 4.69) is 10.6 Å². The van der Waals surface area contributed by atoms with E-state index in [1.165, 1.54) is 6.92 Å². The molecule has 0 aliphatic carbocycles. The van der Waals surface area contributed by atoms with Crippen LogP contribution in [0.15, 0.2) is 30.3 Å². The molecule has 26 heavy (non-hydrogen) atoms. The van der Waals surface area contributed by atoms with Crippen molar-refractivity contribution in [1.29, 1.82) is 0 Å². The van der Waals surface area contributed by atoms with Gasteiger partial charge in [0.15, 0.2) is 0 Å². The number of carbonyl (C=O) groups excluding carboxylic acids is 5. The number of rotatable bonds is 7. The molecule has 1 aliphatic rings. The molecule has 0 aromatic heterocycles. The van der Waals surface area contributed by atoms with Gasteiger partial charge in [0.2, 0.25) is 11.8 Å². The van der Waals surface area contributed by atoms with Gasteiger partial charge >= 0.3 is 17.8 Å². The first kappa shape index (κ1) is 19.1. The highest BCUT2D eigenvalue weighted by Gasteiger charge is 2.45. The fourth-order valence-corrected chi connectivity index (χ4v) is 2.42. The number of hydrogen-bond acceptors (Lipinski definition) is 5. The molecule has 6 amide bonds. The van der Waals surface area contributed by atoms with E-state index < -0.39 is 36.3 Å². The zero-order chi connectivity index (χ0) is 19.3. The molecule has 0 unspecified atom stereocenters. The van der Waals surface area contributed by atoms with Gasteiger partial charge in [-0.1, -0.05) is 30.3 Å². The third-order valence-corrected chi connectivity index (χ3v) is 3.74. The standard InChI is InChI=1S/C17H20N4O5/c1-3-18-14(23)11(2)19-13(22)10-21-16(25)15(24)20(17(21)26)9-12-7-5-4-6-8-12/h4-8,11H,3,9-10H2,1-2H3,(H,18,23)(H,19,22)/t11-/m1/s1. The van der Waals surface area contributed by atoms with Gasteiger partial charge in [0.25, 0.3) is 0 Å². The topological polar surface area (TPSA) is 116 Å². The van der Waals surface area contributed by atoms with Crippen molar-refractivity contribution in [3.8, 4) is 0 Å². The number of benzene rings is 1. The quantitative estimate of drug-likeness (QED) is 0.508. The Labute approximate surface area is 150 Å². The van der Waals surface area contributed by atoms with Crippen LogP contribution < -0.4 is 10.6 Å². The van der Waals surface area contributed by atoms with Crippen molar-refractivity contribution in [1.82, 2.24) is 20.4 Å². The third-order valence-electron chi connectivity index (χ3n) is 3.74. The van der Waals surface area contributed by atoms with Crippen LogP contribution in [0.5, 0.6) is 0 Å². The summed E-state index contributed by atoms with van der Waals surface area (Å²) in [5.74, 6) is -3.14. The Morgan fingerprint density at radius 2 is 1.65 bits per heavy atom. The Balaban J connectivity index is 2.00. The van der Waals surface area contributed by atoms with E-state index in [1.54, 1.807) is 37.3 Å². The van der Waals surface area contributed by atoms with Crippen LogP contribution in [0.4, 0.5) is 4.79 Å². The highest BCUT2D eigenvalue weighted by molar-refractivity contribution is 6.44. The number of nitrogens with zero attached hydrogens (tertiary/aromatic N) is 2. The molecule has 9 heteroatoms. The van der Waals surface area contributed by atoms with Crippen LogP contribution in [0, 0.1) is 0 Å². The second-order valence-electron chi connectivity index (χ2n) is 5.73. The largest absolute Gasteiger partial charge is 0.355 e. The smallest absolute Gasteiger partial charge is 0.335 e. The molecule has 2 N–H and O–H groups in total. The van der Waals surface area contributed by atoms with Gasteiger partial charge in [-0.25, -0.2) is 9.69 Å². The van der Waals surface area contributed by atoms with Crippen molar-refractivity contribution in [2.24, 2.45) is 0 Å². The first-order chi connectivity index (χ1) is 12.3. The predicted molar refractivity (Wildman–Crippen MR) is 90.4 cm³/mol. The summed E-state index contributed by atoms with van der Waals surface area (Å²) in [6.45, 7) is 2.94. The average Bonchev–Trinajstić information content (AvgIpc) is 2.81.